The van der Waals surface area contributed by atoms with Crippen LogP contribution in [0.15, 0.2) is 30.3 Å². The second-order valence-corrected chi connectivity index (χ2v) is 5.08. The molecule has 0 aliphatic heterocycles. The van der Waals surface area contributed by atoms with Crippen LogP contribution in [0.4, 0.5) is 0 Å². The van der Waals surface area contributed by atoms with E-state index in [-0.39, 0.29) is 6.10 Å². The number of carbonyl (C=O) groups is 1. The van der Waals surface area contributed by atoms with Crippen LogP contribution in [0.1, 0.15) is 69.2 Å². The molecule has 1 aromatic carbocycles. The lowest BCUT2D eigenvalue weighted by Gasteiger charge is -2.02. The quantitative estimate of drug-likeness (QED) is 0.689. The first-order valence-electron chi connectivity index (χ1n) is 7.54. The highest BCUT2D eigenvalue weighted by molar-refractivity contribution is 5.87. The third-order valence-corrected chi connectivity index (χ3v) is 3.00. The first-order valence-corrected chi connectivity index (χ1v) is 7.54. The summed E-state index contributed by atoms with van der Waals surface area (Å²) in [6.07, 6.45) is 8.78. The molecule has 1 atom stereocenters. The van der Waals surface area contributed by atoms with Crippen LogP contribution in [0.25, 0.3) is 0 Å². The number of aliphatic hydroxyl groups is 1. The predicted octanol–water partition coefficient (Wildman–Crippen LogP) is 4.50. The molecule has 114 valence electrons. The molecule has 1 rings (SSSR count). The molecule has 0 heterocycles. The largest absolute Gasteiger partial charge is 0.478 e. The molecule has 3 nitrogen and oxygen atoms in total. The third kappa shape index (κ3) is 11.7. The van der Waals surface area contributed by atoms with E-state index in [2.05, 4.69) is 6.92 Å². The highest BCUT2D eigenvalue weighted by atomic mass is 16.4. The Labute approximate surface area is 122 Å². The molecule has 0 saturated heterocycles. The summed E-state index contributed by atoms with van der Waals surface area (Å²) in [5.41, 5.74) is 0.331. The highest BCUT2D eigenvalue weighted by Crippen LogP contribution is 2.07. The van der Waals surface area contributed by atoms with Gasteiger partial charge in [-0.1, -0.05) is 63.6 Å². The van der Waals surface area contributed by atoms with Crippen molar-refractivity contribution in [2.75, 3.05) is 0 Å². The van der Waals surface area contributed by atoms with Gasteiger partial charge in [0, 0.05) is 0 Å². The number of unbranched alkanes of at least 4 members (excludes halogenated alkanes) is 5. The summed E-state index contributed by atoms with van der Waals surface area (Å²) in [5.74, 6) is -0.879. The van der Waals surface area contributed by atoms with Crippen molar-refractivity contribution in [2.45, 2.75) is 64.9 Å². The molecule has 0 bridgehead atoms. The molecule has 0 saturated carbocycles. The first kappa shape index (κ1) is 18.7. The van der Waals surface area contributed by atoms with E-state index in [0.717, 1.165) is 6.42 Å². The Kier molecular flexibility index (Phi) is 11.8. The molecule has 0 radical (unpaired) electrons. The van der Waals surface area contributed by atoms with Crippen molar-refractivity contribution < 1.29 is 15.0 Å². The second kappa shape index (κ2) is 12.7. The standard InChI is InChI=1S/C10H22O.C7H6O2/c1-3-4-5-6-7-8-9-10(2)11;8-7(9)6-4-2-1-3-5-6/h10-11H,3-9H2,1-2H3;1-5H,(H,8,9). The Hall–Kier alpha value is -1.35. The van der Waals surface area contributed by atoms with Gasteiger partial charge in [-0.15, -0.1) is 0 Å². The normalized spacial score (nSPS) is 11.3. The van der Waals surface area contributed by atoms with Crippen LogP contribution in [-0.4, -0.2) is 22.3 Å². The molecule has 1 aromatic rings. The molecule has 0 aliphatic carbocycles. The molecule has 0 amide bonds. The number of benzene rings is 1. The topological polar surface area (TPSA) is 57.5 Å². The molecule has 20 heavy (non-hydrogen) atoms. The van der Waals surface area contributed by atoms with Crippen LogP contribution in [-0.2, 0) is 0 Å². The van der Waals surface area contributed by atoms with Gasteiger partial charge in [-0.25, -0.2) is 4.79 Å². The average molecular weight is 280 g/mol. The van der Waals surface area contributed by atoms with E-state index in [1.807, 2.05) is 6.92 Å². The van der Waals surface area contributed by atoms with Gasteiger partial charge in [0.15, 0.2) is 0 Å². The highest BCUT2D eigenvalue weighted by Gasteiger charge is 1.96. The van der Waals surface area contributed by atoms with E-state index >= 15 is 0 Å². The monoisotopic (exact) mass is 280 g/mol. The van der Waals surface area contributed by atoms with Crippen LogP contribution in [0.3, 0.4) is 0 Å². The van der Waals surface area contributed by atoms with Crippen LogP contribution >= 0.6 is 0 Å². The van der Waals surface area contributed by atoms with Crippen LogP contribution < -0.4 is 0 Å². The number of aliphatic hydroxyl groups excluding tert-OH is 1. The predicted molar refractivity (Wildman–Crippen MR) is 83.1 cm³/mol. The van der Waals surface area contributed by atoms with Gasteiger partial charge < -0.3 is 10.2 Å². The molecule has 2 N–H and O–H groups in total. The Morgan fingerprint density at radius 1 is 1.05 bits per heavy atom. The molecule has 1 unspecified atom stereocenters. The smallest absolute Gasteiger partial charge is 0.335 e. The van der Waals surface area contributed by atoms with E-state index in [1.54, 1.807) is 30.3 Å². The van der Waals surface area contributed by atoms with Gasteiger partial charge in [0.1, 0.15) is 0 Å². The van der Waals surface area contributed by atoms with Crippen molar-refractivity contribution in [1.29, 1.82) is 0 Å². The Bertz CT molecular complexity index is 333. The SMILES string of the molecule is CCCCCCCCC(C)O.O=C(O)c1ccccc1. The van der Waals surface area contributed by atoms with Gasteiger partial charge in [-0.2, -0.15) is 0 Å². The van der Waals surface area contributed by atoms with Crippen LogP contribution in [0.5, 0.6) is 0 Å². The van der Waals surface area contributed by atoms with Gasteiger partial charge in [0.05, 0.1) is 11.7 Å². The van der Waals surface area contributed by atoms with Crippen LogP contribution in [0.2, 0.25) is 0 Å². The van der Waals surface area contributed by atoms with E-state index in [1.165, 1.54) is 38.5 Å². The molecule has 0 fully saturated rings. The zero-order valence-electron chi connectivity index (χ0n) is 12.7. The third-order valence-electron chi connectivity index (χ3n) is 3.00. The van der Waals surface area contributed by atoms with Gasteiger partial charge in [0.25, 0.3) is 0 Å². The van der Waals surface area contributed by atoms with Crippen LogP contribution in [0, 0.1) is 0 Å². The summed E-state index contributed by atoms with van der Waals surface area (Å²) in [6.45, 7) is 4.10. The lowest BCUT2D eigenvalue weighted by Crippen LogP contribution is -1.98. The molecule has 0 aromatic heterocycles. The minimum absolute atomic E-state index is 0.0961. The van der Waals surface area contributed by atoms with Crippen molar-refractivity contribution in [3.63, 3.8) is 0 Å². The fourth-order valence-electron chi connectivity index (χ4n) is 1.80. The summed E-state index contributed by atoms with van der Waals surface area (Å²) in [5, 5.41) is 17.3. The number of hydrogen-bond donors (Lipinski definition) is 2. The number of rotatable bonds is 8. The van der Waals surface area contributed by atoms with Crippen molar-refractivity contribution in [3.8, 4) is 0 Å². The Balaban J connectivity index is 0.000000367. The summed E-state index contributed by atoms with van der Waals surface area (Å²) in [6, 6.07) is 8.30. The Morgan fingerprint density at radius 3 is 2.05 bits per heavy atom. The number of carboxylic acids is 1. The molecule has 3 heteroatoms. The Morgan fingerprint density at radius 2 is 1.60 bits per heavy atom. The summed E-state index contributed by atoms with van der Waals surface area (Å²) >= 11 is 0. The van der Waals surface area contributed by atoms with Crippen molar-refractivity contribution in [3.05, 3.63) is 35.9 Å². The zero-order chi connectivity index (χ0) is 15.2. The molecular formula is C17H28O3. The summed E-state index contributed by atoms with van der Waals surface area (Å²) < 4.78 is 0. The molecule has 0 aliphatic rings. The van der Waals surface area contributed by atoms with Crippen molar-refractivity contribution in [1.82, 2.24) is 0 Å². The lowest BCUT2D eigenvalue weighted by molar-refractivity contribution is 0.0697. The minimum atomic E-state index is -0.879. The van der Waals surface area contributed by atoms with E-state index in [9.17, 15) is 4.79 Å². The second-order valence-electron chi connectivity index (χ2n) is 5.08. The summed E-state index contributed by atoms with van der Waals surface area (Å²) in [7, 11) is 0. The van der Waals surface area contributed by atoms with Gasteiger partial charge >= 0.3 is 5.97 Å². The summed E-state index contributed by atoms with van der Waals surface area (Å²) in [4.78, 5) is 10.2. The maximum atomic E-state index is 10.2. The number of hydrogen-bond acceptors (Lipinski definition) is 2. The first-order chi connectivity index (χ1) is 9.57. The fraction of sp³-hybridized carbons (Fsp3) is 0.588. The lowest BCUT2D eigenvalue weighted by atomic mass is 10.1. The molecule has 0 spiro atoms. The van der Waals surface area contributed by atoms with E-state index in [0.29, 0.717) is 5.56 Å². The van der Waals surface area contributed by atoms with Gasteiger partial charge in [0.2, 0.25) is 0 Å². The minimum Gasteiger partial charge on any atom is -0.478 e. The van der Waals surface area contributed by atoms with E-state index < -0.39 is 5.97 Å². The number of carboxylic acid groups (broad SMARTS) is 1. The van der Waals surface area contributed by atoms with Gasteiger partial charge in [-0.05, 0) is 25.5 Å². The van der Waals surface area contributed by atoms with Gasteiger partial charge in [-0.3, -0.25) is 0 Å². The average Bonchev–Trinajstić information content (AvgIpc) is 2.44. The van der Waals surface area contributed by atoms with E-state index in [4.69, 9.17) is 10.2 Å². The fourth-order valence-corrected chi connectivity index (χ4v) is 1.80. The number of aromatic carboxylic acids is 1. The molecular weight excluding hydrogens is 252 g/mol. The maximum absolute atomic E-state index is 10.2. The van der Waals surface area contributed by atoms with Crippen molar-refractivity contribution >= 4 is 5.97 Å². The zero-order valence-corrected chi connectivity index (χ0v) is 12.7. The van der Waals surface area contributed by atoms with Crippen molar-refractivity contribution in [2.24, 2.45) is 0 Å². The maximum Gasteiger partial charge on any atom is 0.335 e.